The van der Waals surface area contributed by atoms with Gasteiger partial charge in [0.1, 0.15) is 5.67 Å². The predicted octanol–water partition coefficient (Wildman–Crippen LogP) is 3.18. The molecule has 0 amide bonds. The van der Waals surface area contributed by atoms with Crippen molar-refractivity contribution in [3.05, 3.63) is 0 Å². The lowest BCUT2D eigenvalue weighted by molar-refractivity contribution is 0.0702. The molecule has 2 aliphatic carbocycles. The zero-order valence-electron chi connectivity index (χ0n) is 8.97. The summed E-state index contributed by atoms with van der Waals surface area (Å²) in [5.74, 6) is 0.675. The molecule has 2 heteroatoms. The van der Waals surface area contributed by atoms with Gasteiger partial charge in [-0.1, -0.05) is 25.7 Å². The molecule has 82 valence electrons. The van der Waals surface area contributed by atoms with Crippen LogP contribution in [0.2, 0.25) is 0 Å². The van der Waals surface area contributed by atoms with Gasteiger partial charge in [-0.15, -0.1) is 0 Å². The highest BCUT2D eigenvalue weighted by molar-refractivity contribution is 4.89. The second kappa shape index (κ2) is 4.18. The molecule has 2 rings (SSSR count). The summed E-state index contributed by atoms with van der Waals surface area (Å²) in [7, 11) is 0. The zero-order valence-corrected chi connectivity index (χ0v) is 8.97. The van der Waals surface area contributed by atoms with Gasteiger partial charge in [-0.3, -0.25) is 0 Å². The smallest absolute Gasteiger partial charge is 0.111 e. The largest absolute Gasteiger partial charge is 0.328 e. The summed E-state index contributed by atoms with van der Waals surface area (Å²) in [5.41, 5.74) is 4.94. The maximum atomic E-state index is 14.3. The second-order valence-corrected chi connectivity index (χ2v) is 5.34. The summed E-state index contributed by atoms with van der Waals surface area (Å²) in [5, 5.41) is 0. The molecule has 0 bridgehead atoms. The Labute approximate surface area is 86.2 Å². The van der Waals surface area contributed by atoms with Crippen LogP contribution in [0.1, 0.15) is 57.8 Å². The van der Waals surface area contributed by atoms with Gasteiger partial charge < -0.3 is 5.73 Å². The normalized spacial score (nSPS) is 40.3. The molecular formula is C12H22FN. The number of alkyl halides is 1. The van der Waals surface area contributed by atoms with Gasteiger partial charge in [-0.05, 0) is 38.0 Å². The van der Waals surface area contributed by atoms with E-state index in [9.17, 15) is 4.39 Å². The van der Waals surface area contributed by atoms with Crippen molar-refractivity contribution in [3.8, 4) is 0 Å². The minimum atomic E-state index is -0.856. The van der Waals surface area contributed by atoms with E-state index in [1.54, 1.807) is 0 Å². The Morgan fingerprint density at radius 1 is 1.07 bits per heavy atom. The molecule has 0 aromatic heterocycles. The summed E-state index contributed by atoms with van der Waals surface area (Å²) in [6.45, 7) is 0. The maximum Gasteiger partial charge on any atom is 0.111 e. The molecule has 0 unspecified atom stereocenters. The summed E-state index contributed by atoms with van der Waals surface area (Å²) in [6, 6.07) is 0.266. The van der Waals surface area contributed by atoms with Gasteiger partial charge >= 0.3 is 0 Å². The van der Waals surface area contributed by atoms with E-state index in [1.807, 2.05) is 0 Å². The molecule has 0 spiro atoms. The molecule has 0 aromatic carbocycles. The third kappa shape index (κ3) is 2.47. The van der Waals surface area contributed by atoms with Gasteiger partial charge in [0.25, 0.3) is 0 Å². The van der Waals surface area contributed by atoms with Crippen molar-refractivity contribution in [2.24, 2.45) is 11.7 Å². The van der Waals surface area contributed by atoms with Crippen molar-refractivity contribution in [1.29, 1.82) is 0 Å². The van der Waals surface area contributed by atoms with E-state index in [0.717, 1.165) is 19.3 Å². The van der Waals surface area contributed by atoms with Crippen LogP contribution in [0, 0.1) is 5.92 Å². The summed E-state index contributed by atoms with van der Waals surface area (Å²) < 4.78 is 14.3. The van der Waals surface area contributed by atoms with Gasteiger partial charge in [-0.25, -0.2) is 4.39 Å². The average molecular weight is 199 g/mol. The van der Waals surface area contributed by atoms with E-state index < -0.39 is 5.67 Å². The molecule has 2 fully saturated rings. The Balaban J connectivity index is 1.82. The van der Waals surface area contributed by atoms with Crippen molar-refractivity contribution < 1.29 is 4.39 Å². The minimum absolute atomic E-state index is 0.266. The maximum absolute atomic E-state index is 14.3. The number of halogens is 1. The summed E-state index contributed by atoms with van der Waals surface area (Å²) in [6.07, 6.45) is 9.19. The molecule has 0 saturated heterocycles. The molecule has 0 aliphatic heterocycles. The fourth-order valence-electron chi connectivity index (χ4n) is 3.09. The van der Waals surface area contributed by atoms with Gasteiger partial charge in [0, 0.05) is 6.04 Å². The first-order valence-corrected chi connectivity index (χ1v) is 6.12. The quantitative estimate of drug-likeness (QED) is 0.726. The van der Waals surface area contributed by atoms with Crippen LogP contribution in [0.25, 0.3) is 0 Å². The summed E-state index contributed by atoms with van der Waals surface area (Å²) >= 11 is 0. The molecular weight excluding hydrogens is 177 g/mol. The van der Waals surface area contributed by atoms with Crippen LogP contribution in [-0.2, 0) is 0 Å². The average Bonchev–Trinajstić information content (AvgIpc) is 2.63. The predicted molar refractivity (Wildman–Crippen MR) is 56.9 cm³/mol. The van der Waals surface area contributed by atoms with E-state index in [0.29, 0.717) is 18.8 Å². The Kier molecular flexibility index (Phi) is 3.10. The number of nitrogens with two attached hydrogens (primary N) is 1. The van der Waals surface area contributed by atoms with Crippen LogP contribution in [0.15, 0.2) is 0 Å². The monoisotopic (exact) mass is 199 g/mol. The van der Waals surface area contributed by atoms with Crippen molar-refractivity contribution >= 4 is 0 Å². The molecule has 0 heterocycles. The zero-order chi connectivity index (χ0) is 10.0. The minimum Gasteiger partial charge on any atom is -0.328 e. The van der Waals surface area contributed by atoms with Gasteiger partial charge in [0.2, 0.25) is 0 Å². The Hall–Kier alpha value is -0.110. The van der Waals surface area contributed by atoms with Crippen molar-refractivity contribution in [2.75, 3.05) is 0 Å². The third-order valence-corrected chi connectivity index (χ3v) is 4.06. The molecule has 2 N–H and O–H groups in total. The molecule has 0 atom stereocenters. The van der Waals surface area contributed by atoms with E-state index in [4.69, 9.17) is 5.73 Å². The molecule has 14 heavy (non-hydrogen) atoms. The lowest BCUT2D eigenvalue weighted by Gasteiger charge is -2.34. The molecule has 0 aromatic rings. The highest BCUT2D eigenvalue weighted by atomic mass is 19.1. The molecule has 2 saturated carbocycles. The topological polar surface area (TPSA) is 26.0 Å². The lowest BCUT2D eigenvalue weighted by Crippen LogP contribution is -2.36. The van der Waals surface area contributed by atoms with Gasteiger partial charge in [0.15, 0.2) is 0 Å². The SMILES string of the molecule is NC1CCC(F)(CC2CCCC2)CC1. The van der Waals surface area contributed by atoms with E-state index >= 15 is 0 Å². The third-order valence-electron chi connectivity index (χ3n) is 4.06. The van der Waals surface area contributed by atoms with Crippen LogP contribution in [0.4, 0.5) is 4.39 Å². The van der Waals surface area contributed by atoms with E-state index in [2.05, 4.69) is 0 Å². The second-order valence-electron chi connectivity index (χ2n) is 5.34. The first kappa shape index (κ1) is 10.4. The highest BCUT2D eigenvalue weighted by Crippen LogP contribution is 2.40. The number of hydrogen-bond acceptors (Lipinski definition) is 1. The Bertz CT molecular complexity index is 179. The van der Waals surface area contributed by atoms with Gasteiger partial charge in [0.05, 0.1) is 0 Å². The highest BCUT2D eigenvalue weighted by Gasteiger charge is 2.36. The Morgan fingerprint density at radius 3 is 2.21 bits per heavy atom. The van der Waals surface area contributed by atoms with Crippen LogP contribution < -0.4 is 5.73 Å². The van der Waals surface area contributed by atoms with Crippen LogP contribution >= 0.6 is 0 Å². The Morgan fingerprint density at radius 2 is 1.64 bits per heavy atom. The first-order chi connectivity index (χ1) is 6.68. The van der Waals surface area contributed by atoms with Crippen molar-refractivity contribution in [2.45, 2.75) is 69.5 Å². The summed E-state index contributed by atoms with van der Waals surface area (Å²) in [4.78, 5) is 0. The fraction of sp³-hybridized carbons (Fsp3) is 1.00. The van der Waals surface area contributed by atoms with Crippen molar-refractivity contribution in [1.82, 2.24) is 0 Å². The standard InChI is InChI=1S/C12H22FN/c13-12(7-5-11(14)6-8-12)9-10-3-1-2-4-10/h10-11H,1-9,14H2. The van der Waals surface area contributed by atoms with E-state index in [-0.39, 0.29) is 6.04 Å². The lowest BCUT2D eigenvalue weighted by atomic mass is 9.78. The van der Waals surface area contributed by atoms with Crippen LogP contribution in [0.3, 0.4) is 0 Å². The van der Waals surface area contributed by atoms with Gasteiger partial charge in [-0.2, -0.15) is 0 Å². The first-order valence-electron chi connectivity index (χ1n) is 6.12. The fourth-order valence-corrected chi connectivity index (χ4v) is 3.09. The number of hydrogen-bond donors (Lipinski definition) is 1. The molecule has 1 nitrogen and oxygen atoms in total. The number of rotatable bonds is 2. The molecule has 0 radical (unpaired) electrons. The van der Waals surface area contributed by atoms with Crippen LogP contribution in [0.5, 0.6) is 0 Å². The van der Waals surface area contributed by atoms with Crippen LogP contribution in [-0.4, -0.2) is 11.7 Å². The van der Waals surface area contributed by atoms with Crippen molar-refractivity contribution in [3.63, 3.8) is 0 Å². The molecule has 2 aliphatic rings. The van der Waals surface area contributed by atoms with E-state index in [1.165, 1.54) is 25.7 Å².